The normalized spacial score (nSPS) is 21.7. The van der Waals surface area contributed by atoms with Crippen molar-refractivity contribution in [2.75, 3.05) is 31.9 Å². The maximum atomic E-state index is 12.5. The summed E-state index contributed by atoms with van der Waals surface area (Å²) in [6, 6.07) is 2.22. The number of halogens is 2. The van der Waals surface area contributed by atoms with Gasteiger partial charge in [0.05, 0.1) is 5.56 Å². The van der Waals surface area contributed by atoms with Crippen molar-refractivity contribution in [1.82, 2.24) is 14.8 Å². The van der Waals surface area contributed by atoms with Crippen molar-refractivity contribution in [3.63, 3.8) is 0 Å². The van der Waals surface area contributed by atoms with Crippen LogP contribution in [0.15, 0.2) is 18.5 Å². The fraction of sp³-hybridized carbons (Fsp3) is 0.571. The number of nitrogens with zero attached hydrogens (tertiary/aromatic N) is 3. The number of hydrogen-bond donors (Lipinski definition) is 1. The zero-order valence-electron chi connectivity index (χ0n) is 11.9. The number of nitrogen functional groups attached to an aromatic ring is 1. The Morgan fingerprint density at radius 3 is 2.81 bits per heavy atom. The second-order valence-corrected chi connectivity index (χ2v) is 5.40. The lowest BCUT2D eigenvalue weighted by Crippen LogP contribution is -2.56. The van der Waals surface area contributed by atoms with Gasteiger partial charge in [-0.25, -0.2) is 0 Å². The van der Waals surface area contributed by atoms with E-state index in [0.717, 1.165) is 19.6 Å². The third kappa shape index (κ3) is 3.78. The molecule has 1 unspecified atom stereocenters. The van der Waals surface area contributed by atoms with E-state index in [1.165, 1.54) is 25.8 Å². The van der Waals surface area contributed by atoms with Gasteiger partial charge in [0.25, 0.3) is 5.91 Å². The molecule has 1 atom stereocenters. The van der Waals surface area contributed by atoms with Crippen molar-refractivity contribution < 1.29 is 4.79 Å². The standard InChI is InChI=1S/C14H20N4O.2ClH/c15-13-4-5-16-9-12(13)14(19)18-8-7-17-6-2-1-3-11(17)10-18;;/h4-5,9,11H,1-3,6-8,10H2,(H2,15,16);2*1H. The highest BCUT2D eigenvalue weighted by Crippen LogP contribution is 2.22. The number of aromatic nitrogens is 1. The first-order valence-corrected chi connectivity index (χ1v) is 6.98. The summed E-state index contributed by atoms with van der Waals surface area (Å²) in [6.45, 7) is 3.79. The molecule has 2 N–H and O–H groups in total. The molecule has 2 saturated heterocycles. The van der Waals surface area contributed by atoms with E-state index in [9.17, 15) is 4.79 Å². The third-order valence-electron chi connectivity index (χ3n) is 4.21. The van der Waals surface area contributed by atoms with E-state index in [0.29, 0.717) is 17.3 Å². The zero-order chi connectivity index (χ0) is 13.2. The van der Waals surface area contributed by atoms with Crippen molar-refractivity contribution >= 4 is 36.4 Å². The van der Waals surface area contributed by atoms with Gasteiger partial charge in [-0.1, -0.05) is 6.42 Å². The Bertz CT molecular complexity index is 486. The van der Waals surface area contributed by atoms with Crippen LogP contribution in [0.4, 0.5) is 5.69 Å². The summed E-state index contributed by atoms with van der Waals surface area (Å²) in [6.07, 6.45) is 6.96. The van der Waals surface area contributed by atoms with Gasteiger partial charge in [-0.15, -0.1) is 24.8 Å². The molecule has 0 aliphatic carbocycles. The molecule has 118 valence electrons. The van der Waals surface area contributed by atoms with Crippen LogP contribution in [0.25, 0.3) is 0 Å². The van der Waals surface area contributed by atoms with Gasteiger partial charge in [0, 0.05) is 43.8 Å². The minimum absolute atomic E-state index is 0. The van der Waals surface area contributed by atoms with Crippen LogP contribution < -0.4 is 5.73 Å². The molecule has 0 spiro atoms. The SMILES string of the molecule is Cl.Cl.Nc1ccncc1C(=O)N1CCN2CCCCC2C1. The summed E-state index contributed by atoms with van der Waals surface area (Å²) in [5.74, 6) is 0.0239. The molecule has 7 heteroatoms. The minimum Gasteiger partial charge on any atom is -0.398 e. The second kappa shape index (κ2) is 7.82. The summed E-state index contributed by atoms with van der Waals surface area (Å²) < 4.78 is 0. The van der Waals surface area contributed by atoms with E-state index in [-0.39, 0.29) is 30.7 Å². The van der Waals surface area contributed by atoms with Crippen LogP contribution in [-0.4, -0.2) is 52.9 Å². The van der Waals surface area contributed by atoms with Crippen LogP contribution in [0.2, 0.25) is 0 Å². The average molecular weight is 333 g/mol. The first-order chi connectivity index (χ1) is 9.25. The van der Waals surface area contributed by atoms with Gasteiger partial charge >= 0.3 is 0 Å². The number of fused-ring (bicyclic) bond motifs is 1. The Morgan fingerprint density at radius 1 is 1.24 bits per heavy atom. The molecule has 2 aliphatic rings. The molecule has 1 aromatic heterocycles. The molecule has 21 heavy (non-hydrogen) atoms. The van der Waals surface area contributed by atoms with Crippen LogP contribution in [0.1, 0.15) is 29.6 Å². The van der Waals surface area contributed by atoms with Crippen LogP contribution in [0, 0.1) is 0 Å². The first kappa shape index (κ1) is 18.0. The van der Waals surface area contributed by atoms with Crippen LogP contribution in [0.3, 0.4) is 0 Å². The molecule has 0 bridgehead atoms. The predicted molar refractivity (Wildman–Crippen MR) is 88.3 cm³/mol. The molecular weight excluding hydrogens is 311 g/mol. The Morgan fingerprint density at radius 2 is 2.05 bits per heavy atom. The highest BCUT2D eigenvalue weighted by molar-refractivity contribution is 5.98. The molecule has 3 heterocycles. The maximum absolute atomic E-state index is 12.5. The number of rotatable bonds is 1. The molecule has 3 rings (SSSR count). The molecule has 2 fully saturated rings. The van der Waals surface area contributed by atoms with E-state index < -0.39 is 0 Å². The largest absolute Gasteiger partial charge is 0.398 e. The molecular formula is C14H22Cl2N4O. The number of nitrogens with two attached hydrogens (primary N) is 1. The molecule has 2 aliphatic heterocycles. The summed E-state index contributed by atoms with van der Waals surface area (Å²) in [4.78, 5) is 20.9. The first-order valence-electron chi connectivity index (χ1n) is 6.98. The van der Waals surface area contributed by atoms with E-state index in [1.807, 2.05) is 4.90 Å². The smallest absolute Gasteiger partial charge is 0.257 e. The molecule has 0 radical (unpaired) electrons. The number of anilines is 1. The number of carbonyl (C=O) groups excluding carboxylic acids is 1. The minimum atomic E-state index is 0. The fourth-order valence-electron chi connectivity index (χ4n) is 3.09. The molecule has 1 aromatic rings. The summed E-state index contributed by atoms with van der Waals surface area (Å²) in [7, 11) is 0. The van der Waals surface area contributed by atoms with E-state index >= 15 is 0 Å². The van der Waals surface area contributed by atoms with Gasteiger partial charge in [-0.3, -0.25) is 14.7 Å². The Balaban J connectivity index is 0.00000110. The Labute approximate surface area is 137 Å². The summed E-state index contributed by atoms with van der Waals surface area (Å²) in [5, 5.41) is 0. The average Bonchev–Trinajstić information content (AvgIpc) is 2.46. The highest BCUT2D eigenvalue weighted by Gasteiger charge is 2.31. The monoisotopic (exact) mass is 332 g/mol. The van der Waals surface area contributed by atoms with Gasteiger partial charge in [-0.05, 0) is 25.5 Å². The van der Waals surface area contributed by atoms with E-state index in [2.05, 4.69) is 9.88 Å². The lowest BCUT2D eigenvalue weighted by Gasteiger charge is -2.44. The molecule has 0 saturated carbocycles. The highest BCUT2D eigenvalue weighted by atomic mass is 35.5. The van der Waals surface area contributed by atoms with Crippen LogP contribution in [-0.2, 0) is 0 Å². The second-order valence-electron chi connectivity index (χ2n) is 5.40. The number of carbonyl (C=O) groups is 1. The predicted octanol–water partition coefficient (Wildman–Crippen LogP) is 1.82. The van der Waals surface area contributed by atoms with Gasteiger partial charge < -0.3 is 10.6 Å². The van der Waals surface area contributed by atoms with Crippen molar-refractivity contribution in [3.05, 3.63) is 24.0 Å². The number of amides is 1. The Hall–Kier alpha value is -1.04. The van der Waals surface area contributed by atoms with Crippen molar-refractivity contribution in [1.29, 1.82) is 0 Å². The van der Waals surface area contributed by atoms with Crippen LogP contribution in [0.5, 0.6) is 0 Å². The zero-order valence-corrected chi connectivity index (χ0v) is 13.5. The lowest BCUT2D eigenvalue weighted by molar-refractivity contribution is 0.0373. The number of pyridine rings is 1. The number of hydrogen-bond acceptors (Lipinski definition) is 4. The van der Waals surface area contributed by atoms with Crippen molar-refractivity contribution in [3.8, 4) is 0 Å². The summed E-state index contributed by atoms with van der Waals surface area (Å²) >= 11 is 0. The molecule has 1 amide bonds. The lowest BCUT2D eigenvalue weighted by atomic mass is 9.99. The van der Waals surface area contributed by atoms with Gasteiger partial charge in [0.2, 0.25) is 0 Å². The van der Waals surface area contributed by atoms with Crippen LogP contribution >= 0.6 is 24.8 Å². The van der Waals surface area contributed by atoms with Gasteiger partial charge in [0.1, 0.15) is 0 Å². The van der Waals surface area contributed by atoms with E-state index in [1.54, 1.807) is 18.5 Å². The summed E-state index contributed by atoms with van der Waals surface area (Å²) in [5.41, 5.74) is 6.92. The third-order valence-corrected chi connectivity index (χ3v) is 4.21. The number of piperidine rings is 1. The Kier molecular flexibility index (Phi) is 6.71. The van der Waals surface area contributed by atoms with E-state index in [4.69, 9.17) is 5.73 Å². The fourth-order valence-corrected chi connectivity index (χ4v) is 3.09. The molecule has 5 nitrogen and oxygen atoms in total. The van der Waals surface area contributed by atoms with Crippen molar-refractivity contribution in [2.45, 2.75) is 25.3 Å². The quantitative estimate of drug-likeness (QED) is 0.852. The van der Waals surface area contributed by atoms with Gasteiger partial charge in [0.15, 0.2) is 0 Å². The maximum Gasteiger partial charge on any atom is 0.257 e. The number of piperazine rings is 1. The topological polar surface area (TPSA) is 62.5 Å². The van der Waals surface area contributed by atoms with Crippen molar-refractivity contribution in [2.24, 2.45) is 0 Å². The van der Waals surface area contributed by atoms with Gasteiger partial charge in [-0.2, -0.15) is 0 Å². The molecule has 0 aromatic carbocycles.